The summed E-state index contributed by atoms with van der Waals surface area (Å²) in [5, 5.41) is 73.2. The average molecular weight is 962 g/mol. The van der Waals surface area contributed by atoms with Crippen molar-refractivity contribution in [3.05, 3.63) is 86.9 Å². The maximum atomic E-state index is 11.2. The summed E-state index contributed by atoms with van der Waals surface area (Å²) >= 11 is 0. The molecule has 0 spiro atoms. The topological polar surface area (TPSA) is 342 Å². The highest BCUT2D eigenvalue weighted by Crippen LogP contribution is 2.39. The molecule has 0 bridgehead atoms. The van der Waals surface area contributed by atoms with E-state index in [1.54, 1.807) is 13.0 Å². The van der Waals surface area contributed by atoms with Crippen LogP contribution in [0.5, 0.6) is 0 Å². The number of carboxylic acid groups (broad SMARTS) is 3. The molecule has 0 aromatic rings. The minimum absolute atomic E-state index is 0.0833. The molecule has 20 nitrogen and oxygen atoms in total. The molecule has 0 radical (unpaired) electrons. The van der Waals surface area contributed by atoms with E-state index in [2.05, 4.69) is 56.2 Å². The lowest BCUT2D eigenvalue weighted by molar-refractivity contribution is -0.145. The van der Waals surface area contributed by atoms with Gasteiger partial charge in [-0.25, -0.2) is 14.4 Å². The Morgan fingerprint density at radius 2 is 1.26 bits per heavy atom. The highest BCUT2D eigenvalue weighted by atomic mass is 19.4. The molecule has 0 aromatic carbocycles. The number of carbonyl (C=O) groups excluding carboxylic acids is 2. The molecule has 6 heterocycles. The Kier molecular flexibility index (Phi) is 43.6. The van der Waals surface area contributed by atoms with Crippen molar-refractivity contribution in [1.82, 2.24) is 5.32 Å². The first-order valence-corrected chi connectivity index (χ1v) is 19.6. The van der Waals surface area contributed by atoms with E-state index in [-0.39, 0.29) is 54.5 Å². The fourth-order valence-corrected chi connectivity index (χ4v) is 2.66. The summed E-state index contributed by atoms with van der Waals surface area (Å²) < 4.78 is 57.8. The van der Waals surface area contributed by atoms with E-state index in [9.17, 15) is 37.1 Å². The first-order valence-electron chi connectivity index (χ1n) is 19.6. The van der Waals surface area contributed by atoms with Gasteiger partial charge in [0.2, 0.25) is 0 Å². The lowest BCUT2D eigenvalue weighted by Gasteiger charge is -2.14. The number of aliphatic hydroxyl groups is 6. The molecule has 1 saturated carbocycles. The van der Waals surface area contributed by atoms with Crippen LogP contribution in [0.25, 0.3) is 0 Å². The third-order valence-electron chi connectivity index (χ3n) is 6.93. The number of epoxide rings is 5. The molecule has 5 unspecified atom stereocenters. The van der Waals surface area contributed by atoms with Crippen LogP contribution in [0.3, 0.4) is 0 Å². The lowest BCUT2D eigenvalue weighted by atomic mass is 9.90. The smallest absolute Gasteiger partial charge is 0.422 e. The summed E-state index contributed by atoms with van der Waals surface area (Å²) in [6.07, 6.45) is 7.88. The quantitative estimate of drug-likeness (QED) is 0.0571. The molecule has 23 heteroatoms. The third-order valence-corrected chi connectivity index (χ3v) is 6.93. The van der Waals surface area contributed by atoms with Crippen molar-refractivity contribution in [3.63, 3.8) is 0 Å². The third kappa shape index (κ3) is 58.8. The van der Waals surface area contributed by atoms with Gasteiger partial charge in [-0.3, -0.25) is 14.9 Å². The molecular weight excluding hydrogens is 891 g/mol. The van der Waals surface area contributed by atoms with Gasteiger partial charge in [-0.2, -0.15) is 13.2 Å². The van der Waals surface area contributed by atoms with Crippen LogP contribution in [0.15, 0.2) is 86.9 Å². The number of aliphatic carboxylic acids is 3. The van der Waals surface area contributed by atoms with Crippen molar-refractivity contribution in [2.75, 3.05) is 59.5 Å². The number of alkyl halides is 3. The van der Waals surface area contributed by atoms with E-state index in [0.717, 1.165) is 64.5 Å². The van der Waals surface area contributed by atoms with Crippen LogP contribution in [-0.4, -0.2) is 171 Å². The van der Waals surface area contributed by atoms with E-state index < -0.39 is 29.7 Å². The molecule has 382 valence electrons. The zero-order chi connectivity index (χ0) is 52.5. The molecule has 0 aromatic heterocycles. The number of aliphatic hydroxyl groups excluding tert-OH is 6. The molecule has 7 rings (SSSR count). The summed E-state index contributed by atoms with van der Waals surface area (Å²) in [6, 6.07) is 0. The summed E-state index contributed by atoms with van der Waals surface area (Å²) in [6.45, 7) is 29.0. The summed E-state index contributed by atoms with van der Waals surface area (Å²) in [7, 11) is 0. The second kappa shape index (κ2) is 41.2. The molecule has 10 N–H and O–H groups in total. The minimum Gasteiger partial charge on any atom is -0.516 e. The molecule has 2 amide bonds. The predicted octanol–water partition coefficient (Wildman–Crippen LogP) is 3.73. The standard InChI is InChI=1S/C7H12O2.C4H3F3O2.C4H3NO2.C4H8O2.C4H6O2.C4H8O.C3H6O2.C3H4O2.2C3H6O.2C2H4O/c8-4-5-1-2-6-7(3-5)9-6;1-2(3(8)9)4(5,6)7;6-3-1-2-4(7)5-3;1-4(2-5)3-6-4;1-3(2)4(5)6;1-4(2)3-5-4;4-1-3-2-5-3;1-2-3(4)5;2*1-2-3-4;1-2-3-1;1-2-3/h5-8H,1-4H2;1H2,(H,8,9);1-2H,(H,5,6,7);5H,2-3H2,1H3;1H2,2H3,(H,5,6);3H2,1-2H3;3-4H,1-2H2;2H,1H2,(H,4,5);2-4H,1H3;2,4H,1,3H2;1-2H2;2-3H,1H2/b;;;;;;;;3-2+;;;. The van der Waals surface area contributed by atoms with Gasteiger partial charge in [0.15, 0.2) is 0 Å². The molecule has 66 heavy (non-hydrogen) atoms. The Balaban J connectivity index is -0.000000208. The molecular formula is C43H70F3NO19. The number of carboxylic acids is 3. The number of amides is 2. The number of imide groups is 1. The maximum absolute atomic E-state index is 11.2. The van der Waals surface area contributed by atoms with Gasteiger partial charge in [0.25, 0.3) is 11.8 Å². The normalized spacial score (nSPS) is 22.1. The van der Waals surface area contributed by atoms with Crippen molar-refractivity contribution in [2.24, 2.45) is 5.92 Å². The summed E-state index contributed by atoms with van der Waals surface area (Å²) in [5.74, 6) is -4.08. The van der Waals surface area contributed by atoms with E-state index >= 15 is 0 Å². The second-order valence-electron chi connectivity index (χ2n) is 14.0. The van der Waals surface area contributed by atoms with E-state index in [0.29, 0.717) is 24.7 Å². The Morgan fingerprint density at radius 3 is 1.36 bits per heavy atom. The largest absolute Gasteiger partial charge is 0.516 e. The first-order chi connectivity index (χ1) is 30.6. The maximum Gasteiger partial charge on any atom is 0.422 e. The zero-order valence-corrected chi connectivity index (χ0v) is 38.1. The average Bonchev–Trinajstić information content (AvgIpc) is 4.05. The van der Waals surface area contributed by atoms with E-state index in [1.807, 2.05) is 12.2 Å². The highest BCUT2D eigenvalue weighted by molar-refractivity contribution is 6.12. The van der Waals surface area contributed by atoms with Crippen LogP contribution in [0, 0.1) is 5.92 Å². The van der Waals surface area contributed by atoms with Crippen LogP contribution >= 0.6 is 0 Å². The number of halogens is 3. The van der Waals surface area contributed by atoms with Gasteiger partial charge < -0.3 is 69.6 Å². The van der Waals surface area contributed by atoms with E-state index in [1.165, 1.54) is 31.6 Å². The van der Waals surface area contributed by atoms with Gasteiger partial charge in [-0.15, -0.1) is 6.58 Å². The van der Waals surface area contributed by atoms with Crippen LogP contribution in [0.4, 0.5) is 13.2 Å². The Bertz CT molecular complexity index is 1450. The van der Waals surface area contributed by atoms with Crippen molar-refractivity contribution < 1.29 is 107 Å². The lowest BCUT2D eigenvalue weighted by Crippen LogP contribution is -2.19. The van der Waals surface area contributed by atoms with Gasteiger partial charge >= 0.3 is 24.1 Å². The molecule has 6 fully saturated rings. The molecule has 1 aliphatic carbocycles. The molecule has 7 aliphatic rings. The predicted molar refractivity (Wildman–Crippen MR) is 235 cm³/mol. The summed E-state index contributed by atoms with van der Waals surface area (Å²) in [4.78, 5) is 48.4. The highest BCUT2D eigenvalue weighted by Gasteiger charge is 2.43. The first kappa shape index (κ1) is 69.8. The van der Waals surface area contributed by atoms with Crippen LogP contribution in [0.1, 0.15) is 53.9 Å². The van der Waals surface area contributed by atoms with Gasteiger partial charge in [-0.1, -0.05) is 38.5 Å². The monoisotopic (exact) mass is 961 g/mol. The fraction of sp³-hybridized carbons (Fsp3) is 0.558. The number of fused-ring (bicyclic) bond motifs is 1. The minimum atomic E-state index is -4.81. The number of ether oxygens (including phenoxy) is 5. The number of rotatable bonds is 7. The number of hydrogen-bond acceptors (Lipinski definition) is 16. The SMILES string of the molecule is C/C=C/O.C1CO1.C=C(C(=O)O)C(F)(F)F.C=C(C)C(=O)O.C=CC(=O)O.C=CCO.C=CO.CC1(C)CO1.CC1(CO)CO1.O=C1C=CC(=O)N1.OCC1CCC2OC2C1.OCC1CO1. The zero-order valence-electron chi connectivity index (χ0n) is 38.1. The number of nitrogens with one attached hydrogen (secondary N) is 1. The summed E-state index contributed by atoms with van der Waals surface area (Å²) in [5.41, 5.74) is -1.47. The number of carbonyl (C=O) groups is 5. The molecule has 5 saturated heterocycles. The Labute approximate surface area is 383 Å². The van der Waals surface area contributed by atoms with Gasteiger partial charge in [0.05, 0.1) is 83.2 Å². The van der Waals surface area contributed by atoms with Crippen LogP contribution in [0.2, 0.25) is 0 Å². The van der Waals surface area contributed by atoms with Crippen molar-refractivity contribution >= 4 is 29.7 Å². The Morgan fingerprint density at radius 1 is 0.864 bits per heavy atom. The van der Waals surface area contributed by atoms with Gasteiger partial charge in [0, 0.05) is 30.4 Å². The number of allylic oxidation sites excluding steroid dienone is 1. The molecule has 6 aliphatic heterocycles. The van der Waals surface area contributed by atoms with Crippen LogP contribution in [-0.2, 0) is 47.7 Å². The Hall–Kier alpha value is -5.24. The van der Waals surface area contributed by atoms with Gasteiger partial charge in [-0.05, 0) is 59.8 Å². The van der Waals surface area contributed by atoms with Gasteiger partial charge in [0.1, 0.15) is 17.3 Å². The molecule has 5 atom stereocenters. The van der Waals surface area contributed by atoms with E-state index in [4.69, 9.17) is 60.2 Å². The van der Waals surface area contributed by atoms with Crippen molar-refractivity contribution in [3.8, 4) is 0 Å². The number of hydrogen-bond donors (Lipinski definition) is 10. The fourth-order valence-electron chi connectivity index (χ4n) is 2.66. The van der Waals surface area contributed by atoms with Crippen LogP contribution < -0.4 is 5.32 Å². The van der Waals surface area contributed by atoms with Crippen molar-refractivity contribution in [1.29, 1.82) is 0 Å². The van der Waals surface area contributed by atoms with Crippen molar-refractivity contribution in [2.45, 2.75) is 89.6 Å². The second-order valence-corrected chi connectivity index (χ2v) is 14.0.